The quantitative estimate of drug-likeness (QED) is 0.875. The van der Waals surface area contributed by atoms with Crippen LogP contribution in [-0.4, -0.2) is 4.98 Å². The Morgan fingerprint density at radius 2 is 2.05 bits per heavy atom. The van der Waals surface area contributed by atoms with Gasteiger partial charge in [0.25, 0.3) is 0 Å². The highest BCUT2D eigenvalue weighted by Crippen LogP contribution is 2.32. The summed E-state index contributed by atoms with van der Waals surface area (Å²) in [5.41, 5.74) is 5.67. The summed E-state index contributed by atoms with van der Waals surface area (Å²) in [5.74, 6) is -1.31. The number of nitrogens with zero attached hydrogens (tertiary/aromatic N) is 1. The van der Waals surface area contributed by atoms with Gasteiger partial charge in [-0.15, -0.1) is 11.3 Å². The topological polar surface area (TPSA) is 38.9 Å². The summed E-state index contributed by atoms with van der Waals surface area (Å²) in [7, 11) is 0. The van der Waals surface area contributed by atoms with Crippen molar-refractivity contribution in [2.45, 2.75) is 25.6 Å². The van der Waals surface area contributed by atoms with Crippen LogP contribution >= 0.6 is 11.3 Å². The maximum absolute atomic E-state index is 13.5. The molecule has 7 heteroatoms. The van der Waals surface area contributed by atoms with Gasteiger partial charge in [0.05, 0.1) is 16.3 Å². The Bertz CT molecular complexity index is 607. The van der Waals surface area contributed by atoms with Gasteiger partial charge in [0.1, 0.15) is 5.82 Å². The van der Waals surface area contributed by atoms with Gasteiger partial charge in [-0.2, -0.15) is 13.2 Å². The minimum absolute atomic E-state index is 0.321. The standard InChI is InChI=1S/C13H12F4N2S/c1-7-19-9(6-20-7)5-12(18)8-2-3-10(11(14)4-8)13(15,16)17/h2-4,6,12H,5,18H2,1H3. The summed E-state index contributed by atoms with van der Waals surface area (Å²) >= 11 is 1.46. The first kappa shape index (κ1) is 14.9. The van der Waals surface area contributed by atoms with Gasteiger partial charge >= 0.3 is 6.18 Å². The molecule has 20 heavy (non-hydrogen) atoms. The van der Waals surface area contributed by atoms with E-state index < -0.39 is 23.6 Å². The van der Waals surface area contributed by atoms with Crippen LogP contribution in [0.2, 0.25) is 0 Å². The average Bonchev–Trinajstić information content (AvgIpc) is 2.73. The zero-order valence-corrected chi connectivity index (χ0v) is 11.4. The van der Waals surface area contributed by atoms with E-state index in [1.54, 1.807) is 0 Å². The molecule has 0 amide bonds. The highest BCUT2D eigenvalue weighted by atomic mass is 32.1. The van der Waals surface area contributed by atoms with Gasteiger partial charge in [-0.25, -0.2) is 9.37 Å². The van der Waals surface area contributed by atoms with E-state index in [2.05, 4.69) is 4.98 Å². The fourth-order valence-electron chi connectivity index (χ4n) is 1.84. The number of thiazole rings is 1. The second-order valence-corrected chi connectivity index (χ2v) is 5.47. The number of hydrogen-bond donors (Lipinski definition) is 1. The van der Waals surface area contributed by atoms with Crippen LogP contribution in [-0.2, 0) is 12.6 Å². The average molecular weight is 304 g/mol. The molecule has 0 aliphatic carbocycles. The summed E-state index contributed by atoms with van der Waals surface area (Å²) in [6.45, 7) is 1.84. The maximum Gasteiger partial charge on any atom is 0.419 e. The van der Waals surface area contributed by atoms with Gasteiger partial charge in [-0.05, 0) is 24.6 Å². The van der Waals surface area contributed by atoms with E-state index in [9.17, 15) is 17.6 Å². The Morgan fingerprint density at radius 3 is 2.55 bits per heavy atom. The zero-order valence-electron chi connectivity index (χ0n) is 10.5. The maximum atomic E-state index is 13.5. The number of benzene rings is 1. The molecule has 2 aromatic rings. The second-order valence-electron chi connectivity index (χ2n) is 4.41. The van der Waals surface area contributed by atoms with Gasteiger partial charge in [0.15, 0.2) is 0 Å². The highest BCUT2D eigenvalue weighted by Gasteiger charge is 2.34. The predicted molar refractivity (Wildman–Crippen MR) is 68.9 cm³/mol. The van der Waals surface area contributed by atoms with Crippen LogP contribution in [0.15, 0.2) is 23.6 Å². The van der Waals surface area contributed by atoms with Crippen molar-refractivity contribution in [3.05, 3.63) is 51.2 Å². The Labute approximate surface area is 117 Å². The van der Waals surface area contributed by atoms with E-state index in [1.807, 2.05) is 12.3 Å². The molecule has 1 unspecified atom stereocenters. The minimum atomic E-state index is -4.70. The third kappa shape index (κ3) is 3.34. The molecule has 0 spiro atoms. The highest BCUT2D eigenvalue weighted by molar-refractivity contribution is 7.09. The first-order valence-corrected chi connectivity index (χ1v) is 6.68. The molecular formula is C13H12F4N2S. The molecule has 1 heterocycles. The van der Waals surface area contributed by atoms with Gasteiger partial charge < -0.3 is 5.73 Å². The molecular weight excluding hydrogens is 292 g/mol. The van der Waals surface area contributed by atoms with Crippen LogP contribution in [0.3, 0.4) is 0 Å². The van der Waals surface area contributed by atoms with Crippen LogP contribution in [0, 0.1) is 12.7 Å². The Kier molecular flexibility index (Phi) is 4.10. The van der Waals surface area contributed by atoms with E-state index in [0.717, 1.165) is 22.8 Å². The molecule has 2 rings (SSSR count). The lowest BCUT2D eigenvalue weighted by Gasteiger charge is -2.13. The first-order valence-electron chi connectivity index (χ1n) is 5.80. The van der Waals surface area contributed by atoms with Crippen molar-refractivity contribution in [3.63, 3.8) is 0 Å². The number of nitrogens with two attached hydrogens (primary N) is 1. The number of aryl methyl sites for hydroxylation is 1. The molecule has 108 valence electrons. The van der Waals surface area contributed by atoms with Gasteiger partial charge in [0.2, 0.25) is 0 Å². The molecule has 2 nitrogen and oxygen atoms in total. The lowest BCUT2D eigenvalue weighted by molar-refractivity contribution is -0.140. The van der Waals surface area contributed by atoms with E-state index in [-0.39, 0.29) is 0 Å². The lowest BCUT2D eigenvalue weighted by atomic mass is 10.0. The van der Waals surface area contributed by atoms with Crippen molar-refractivity contribution in [1.82, 2.24) is 4.98 Å². The Hall–Kier alpha value is -1.47. The molecule has 0 aliphatic heterocycles. The zero-order chi connectivity index (χ0) is 14.9. The number of rotatable bonds is 3. The normalized spacial score (nSPS) is 13.5. The molecule has 1 aromatic carbocycles. The smallest absolute Gasteiger partial charge is 0.324 e. The van der Waals surface area contributed by atoms with Crippen molar-refractivity contribution in [1.29, 1.82) is 0 Å². The third-order valence-electron chi connectivity index (χ3n) is 2.82. The predicted octanol–water partition coefficient (Wildman–Crippen LogP) is 3.85. The summed E-state index contributed by atoms with van der Waals surface area (Å²) in [6, 6.07) is 2.17. The van der Waals surface area contributed by atoms with Crippen LogP contribution in [0.25, 0.3) is 0 Å². The lowest BCUT2D eigenvalue weighted by Crippen LogP contribution is -2.15. The molecule has 1 atom stereocenters. The molecule has 0 aliphatic rings. The fourth-order valence-corrected chi connectivity index (χ4v) is 2.46. The van der Waals surface area contributed by atoms with E-state index in [4.69, 9.17) is 5.73 Å². The van der Waals surface area contributed by atoms with Crippen molar-refractivity contribution in [2.24, 2.45) is 5.73 Å². The monoisotopic (exact) mass is 304 g/mol. The summed E-state index contributed by atoms with van der Waals surface area (Å²) in [4.78, 5) is 4.22. The fraction of sp³-hybridized carbons (Fsp3) is 0.308. The van der Waals surface area contributed by atoms with E-state index in [0.29, 0.717) is 12.0 Å². The van der Waals surface area contributed by atoms with Gasteiger partial charge in [0, 0.05) is 17.8 Å². The summed E-state index contributed by atoms with van der Waals surface area (Å²) in [6.07, 6.45) is -4.34. The third-order valence-corrected chi connectivity index (χ3v) is 3.64. The Balaban J connectivity index is 2.19. The second kappa shape index (κ2) is 5.49. The van der Waals surface area contributed by atoms with Gasteiger partial charge in [-0.3, -0.25) is 0 Å². The summed E-state index contributed by atoms with van der Waals surface area (Å²) in [5, 5.41) is 2.71. The van der Waals surface area contributed by atoms with E-state index in [1.165, 1.54) is 17.4 Å². The molecule has 0 saturated heterocycles. The van der Waals surface area contributed by atoms with Crippen molar-refractivity contribution in [2.75, 3.05) is 0 Å². The van der Waals surface area contributed by atoms with Crippen LogP contribution in [0.4, 0.5) is 17.6 Å². The van der Waals surface area contributed by atoms with E-state index >= 15 is 0 Å². The molecule has 2 N–H and O–H groups in total. The minimum Gasteiger partial charge on any atom is -0.324 e. The number of aromatic nitrogens is 1. The van der Waals surface area contributed by atoms with Crippen molar-refractivity contribution in [3.8, 4) is 0 Å². The van der Waals surface area contributed by atoms with Gasteiger partial charge in [-0.1, -0.05) is 6.07 Å². The first-order chi connectivity index (χ1) is 9.27. The van der Waals surface area contributed by atoms with Crippen LogP contribution in [0.5, 0.6) is 0 Å². The molecule has 1 aromatic heterocycles. The summed E-state index contributed by atoms with van der Waals surface area (Å²) < 4.78 is 50.8. The Morgan fingerprint density at radius 1 is 1.35 bits per heavy atom. The molecule has 0 saturated carbocycles. The van der Waals surface area contributed by atoms with Crippen molar-refractivity contribution < 1.29 is 17.6 Å². The SMILES string of the molecule is Cc1nc(CC(N)c2ccc(C(F)(F)F)c(F)c2)cs1. The molecule has 0 fully saturated rings. The van der Waals surface area contributed by atoms with Crippen LogP contribution < -0.4 is 5.73 Å². The largest absolute Gasteiger partial charge is 0.419 e. The molecule has 0 radical (unpaired) electrons. The molecule has 0 bridgehead atoms. The number of hydrogen-bond acceptors (Lipinski definition) is 3. The number of alkyl halides is 3. The van der Waals surface area contributed by atoms with Crippen LogP contribution in [0.1, 0.15) is 27.9 Å². The van der Waals surface area contributed by atoms with Crippen molar-refractivity contribution >= 4 is 11.3 Å². The number of halogens is 4.